The first-order valence-corrected chi connectivity index (χ1v) is 4.70. The highest BCUT2D eigenvalue weighted by atomic mass is 32.1. The van der Waals surface area contributed by atoms with Crippen LogP contribution in [0.5, 0.6) is 0 Å². The van der Waals surface area contributed by atoms with E-state index in [2.05, 4.69) is 10.3 Å². The molecular formula is C7H9N3O3S. The molecule has 0 aromatic carbocycles. The fourth-order valence-electron chi connectivity index (χ4n) is 0.742. The molecule has 0 saturated heterocycles. The first-order valence-electron chi connectivity index (χ1n) is 3.82. The van der Waals surface area contributed by atoms with Crippen LogP contribution in [-0.4, -0.2) is 28.5 Å². The van der Waals surface area contributed by atoms with Crippen LogP contribution < -0.4 is 11.1 Å². The van der Waals surface area contributed by atoms with E-state index >= 15 is 0 Å². The molecule has 14 heavy (non-hydrogen) atoms. The number of nitrogens with one attached hydrogen (secondary N) is 1. The molecule has 0 aliphatic rings. The second-order valence-corrected chi connectivity index (χ2v) is 3.29. The van der Waals surface area contributed by atoms with Crippen LogP contribution in [0.15, 0.2) is 5.38 Å². The van der Waals surface area contributed by atoms with Gasteiger partial charge in [0.05, 0.1) is 0 Å². The van der Waals surface area contributed by atoms with Crippen LogP contribution in [0.3, 0.4) is 0 Å². The van der Waals surface area contributed by atoms with Gasteiger partial charge in [-0.05, 0) is 0 Å². The lowest BCUT2D eigenvalue weighted by molar-refractivity contribution is -0.116. The van der Waals surface area contributed by atoms with E-state index in [9.17, 15) is 9.59 Å². The first kappa shape index (κ1) is 10.6. The van der Waals surface area contributed by atoms with Gasteiger partial charge in [0.2, 0.25) is 5.91 Å². The van der Waals surface area contributed by atoms with E-state index in [4.69, 9.17) is 10.8 Å². The van der Waals surface area contributed by atoms with Crippen LogP contribution in [0.1, 0.15) is 16.9 Å². The van der Waals surface area contributed by atoms with Gasteiger partial charge in [-0.25, -0.2) is 9.78 Å². The second kappa shape index (κ2) is 4.68. The van der Waals surface area contributed by atoms with Crippen LogP contribution in [0.4, 0.5) is 5.13 Å². The summed E-state index contributed by atoms with van der Waals surface area (Å²) in [6, 6.07) is 0. The van der Waals surface area contributed by atoms with Gasteiger partial charge in [-0.15, -0.1) is 11.3 Å². The van der Waals surface area contributed by atoms with E-state index < -0.39 is 5.97 Å². The lowest BCUT2D eigenvalue weighted by Gasteiger charge is -1.97. The Kier molecular flexibility index (Phi) is 3.55. The monoisotopic (exact) mass is 215 g/mol. The number of nitrogens with two attached hydrogens (primary N) is 1. The Labute approximate surface area is 83.8 Å². The third-order valence-corrected chi connectivity index (χ3v) is 2.10. The summed E-state index contributed by atoms with van der Waals surface area (Å²) in [4.78, 5) is 25.1. The molecule has 1 amide bonds. The molecule has 0 aliphatic carbocycles. The molecule has 1 aromatic rings. The lowest BCUT2D eigenvalue weighted by atomic mass is 10.4. The van der Waals surface area contributed by atoms with E-state index in [1.165, 1.54) is 5.38 Å². The van der Waals surface area contributed by atoms with Crippen molar-refractivity contribution < 1.29 is 14.7 Å². The molecule has 4 N–H and O–H groups in total. The van der Waals surface area contributed by atoms with Crippen LogP contribution >= 0.6 is 11.3 Å². The van der Waals surface area contributed by atoms with E-state index in [-0.39, 0.29) is 29.7 Å². The van der Waals surface area contributed by atoms with Crippen molar-refractivity contribution >= 4 is 28.3 Å². The predicted molar refractivity (Wildman–Crippen MR) is 51.4 cm³/mol. The molecule has 76 valence electrons. The van der Waals surface area contributed by atoms with Crippen molar-refractivity contribution in [3.63, 3.8) is 0 Å². The van der Waals surface area contributed by atoms with Gasteiger partial charge in [-0.3, -0.25) is 4.79 Å². The zero-order chi connectivity index (χ0) is 10.6. The lowest BCUT2D eigenvalue weighted by Crippen LogP contribution is -2.16. The van der Waals surface area contributed by atoms with Crippen LogP contribution in [0.25, 0.3) is 0 Å². The molecule has 0 saturated carbocycles. The number of carboxylic acid groups (broad SMARTS) is 1. The SMILES string of the molecule is NCCC(=O)Nc1nc(C(=O)O)cs1. The van der Waals surface area contributed by atoms with Gasteiger partial charge in [0.25, 0.3) is 0 Å². The third kappa shape index (κ3) is 2.79. The number of anilines is 1. The molecule has 0 aliphatic heterocycles. The summed E-state index contributed by atoms with van der Waals surface area (Å²) in [5.74, 6) is -1.38. The zero-order valence-electron chi connectivity index (χ0n) is 7.19. The van der Waals surface area contributed by atoms with E-state index in [0.717, 1.165) is 11.3 Å². The van der Waals surface area contributed by atoms with Crippen LogP contribution in [-0.2, 0) is 4.79 Å². The van der Waals surface area contributed by atoms with Gasteiger partial charge in [0.1, 0.15) is 0 Å². The molecular weight excluding hydrogens is 206 g/mol. The highest BCUT2D eigenvalue weighted by molar-refractivity contribution is 7.14. The topological polar surface area (TPSA) is 105 Å². The van der Waals surface area contributed by atoms with Crippen LogP contribution in [0.2, 0.25) is 0 Å². The van der Waals surface area contributed by atoms with Gasteiger partial charge in [-0.1, -0.05) is 0 Å². The van der Waals surface area contributed by atoms with E-state index in [1.54, 1.807) is 0 Å². The molecule has 1 rings (SSSR count). The molecule has 0 radical (unpaired) electrons. The third-order valence-electron chi connectivity index (χ3n) is 1.34. The molecule has 0 atom stereocenters. The van der Waals surface area contributed by atoms with Crippen molar-refractivity contribution in [2.24, 2.45) is 5.73 Å². The maximum Gasteiger partial charge on any atom is 0.355 e. The number of thiazole rings is 1. The normalized spacial score (nSPS) is 9.79. The Bertz CT molecular complexity index is 350. The van der Waals surface area contributed by atoms with Crippen molar-refractivity contribution in [3.8, 4) is 0 Å². The minimum atomic E-state index is -1.11. The minimum absolute atomic E-state index is 0.0713. The summed E-state index contributed by atoms with van der Waals surface area (Å²) in [5.41, 5.74) is 5.09. The number of aromatic nitrogens is 1. The summed E-state index contributed by atoms with van der Waals surface area (Å²) in [5, 5.41) is 12.6. The molecule has 0 bridgehead atoms. The quantitative estimate of drug-likeness (QED) is 0.662. The molecule has 7 heteroatoms. The van der Waals surface area contributed by atoms with Gasteiger partial charge < -0.3 is 16.2 Å². The summed E-state index contributed by atoms with van der Waals surface area (Å²) < 4.78 is 0. The number of carbonyl (C=O) groups is 2. The molecule has 0 spiro atoms. The Morgan fingerprint density at radius 3 is 2.86 bits per heavy atom. The number of aromatic carboxylic acids is 1. The zero-order valence-corrected chi connectivity index (χ0v) is 8.00. The highest BCUT2D eigenvalue weighted by Crippen LogP contribution is 2.15. The van der Waals surface area contributed by atoms with Crippen molar-refractivity contribution in [3.05, 3.63) is 11.1 Å². The largest absolute Gasteiger partial charge is 0.476 e. The number of amides is 1. The standard InChI is InChI=1S/C7H9N3O3S/c8-2-1-5(11)10-7-9-4(3-14-7)6(12)13/h3H,1-2,8H2,(H,12,13)(H,9,10,11). The Hall–Kier alpha value is -1.47. The van der Waals surface area contributed by atoms with Crippen molar-refractivity contribution in [1.82, 2.24) is 4.98 Å². The van der Waals surface area contributed by atoms with Gasteiger partial charge >= 0.3 is 5.97 Å². The van der Waals surface area contributed by atoms with Crippen molar-refractivity contribution in [2.75, 3.05) is 11.9 Å². The number of nitrogens with zero attached hydrogens (tertiary/aromatic N) is 1. The Morgan fingerprint density at radius 1 is 1.64 bits per heavy atom. The van der Waals surface area contributed by atoms with Gasteiger partial charge in [0.15, 0.2) is 10.8 Å². The minimum Gasteiger partial charge on any atom is -0.476 e. The maximum atomic E-state index is 11.0. The number of rotatable bonds is 4. The molecule has 0 unspecified atom stereocenters. The molecule has 1 aromatic heterocycles. The van der Waals surface area contributed by atoms with Gasteiger partial charge in [-0.2, -0.15) is 0 Å². The summed E-state index contributed by atoms with van der Waals surface area (Å²) in [7, 11) is 0. The number of hydrogen-bond donors (Lipinski definition) is 3. The predicted octanol–water partition coefficient (Wildman–Crippen LogP) is 0.129. The summed E-state index contributed by atoms with van der Waals surface area (Å²) >= 11 is 1.07. The van der Waals surface area contributed by atoms with E-state index in [0.29, 0.717) is 0 Å². The highest BCUT2D eigenvalue weighted by Gasteiger charge is 2.09. The summed E-state index contributed by atoms with van der Waals surface area (Å²) in [6.07, 6.45) is 0.196. The number of carbonyl (C=O) groups excluding carboxylic acids is 1. The number of carboxylic acids is 1. The van der Waals surface area contributed by atoms with Crippen molar-refractivity contribution in [1.29, 1.82) is 0 Å². The number of hydrogen-bond acceptors (Lipinski definition) is 5. The van der Waals surface area contributed by atoms with Gasteiger partial charge in [0, 0.05) is 18.3 Å². The Balaban J connectivity index is 2.59. The van der Waals surface area contributed by atoms with Crippen LogP contribution in [0, 0.1) is 0 Å². The van der Waals surface area contributed by atoms with Crippen molar-refractivity contribution in [2.45, 2.75) is 6.42 Å². The summed E-state index contributed by atoms with van der Waals surface area (Å²) in [6.45, 7) is 0.253. The smallest absolute Gasteiger partial charge is 0.355 e. The molecule has 0 fully saturated rings. The fourth-order valence-corrected chi connectivity index (χ4v) is 1.44. The molecule has 6 nitrogen and oxygen atoms in total. The maximum absolute atomic E-state index is 11.0. The average molecular weight is 215 g/mol. The fraction of sp³-hybridized carbons (Fsp3) is 0.286. The second-order valence-electron chi connectivity index (χ2n) is 2.43. The Morgan fingerprint density at radius 2 is 2.36 bits per heavy atom. The average Bonchev–Trinajstić information content (AvgIpc) is 2.53. The van der Waals surface area contributed by atoms with E-state index in [1.807, 2.05) is 0 Å². The molecule has 1 heterocycles. The first-order chi connectivity index (χ1) is 6.63.